The molecule has 0 aliphatic rings. The van der Waals surface area contributed by atoms with E-state index in [0.29, 0.717) is 0 Å². The monoisotopic (exact) mass is 253 g/mol. The van der Waals surface area contributed by atoms with Gasteiger partial charge in [0.1, 0.15) is 5.76 Å². The highest BCUT2D eigenvalue weighted by atomic mass is 16.5. The number of unbranched alkanes of at least 4 members (excludes halogenated alkanes) is 1. The summed E-state index contributed by atoms with van der Waals surface area (Å²) in [5, 5.41) is 3.30. The Kier molecular flexibility index (Phi) is 8.61. The molecular weight excluding hydrogens is 226 g/mol. The Morgan fingerprint density at radius 1 is 1.39 bits per heavy atom. The molecule has 0 aromatic carbocycles. The molecule has 18 heavy (non-hydrogen) atoms. The van der Waals surface area contributed by atoms with Gasteiger partial charge in [-0.15, -0.1) is 0 Å². The van der Waals surface area contributed by atoms with Crippen molar-refractivity contribution in [3.63, 3.8) is 0 Å². The summed E-state index contributed by atoms with van der Waals surface area (Å²) in [6.07, 6.45) is 6.82. The molecule has 1 unspecified atom stereocenters. The summed E-state index contributed by atoms with van der Waals surface area (Å²) in [5.41, 5.74) is 0. The molecule has 0 fully saturated rings. The molecule has 3 heteroatoms. The predicted molar refractivity (Wildman–Crippen MR) is 74.5 cm³/mol. The minimum atomic E-state index is 0.732. The van der Waals surface area contributed by atoms with E-state index in [4.69, 9.17) is 9.15 Å². The molecule has 0 amide bonds. The van der Waals surface area contributed by atoms with Gasteiger partial charge in [0.25, 0.3) is 0 Å². The molecule has 0 saturated heterocycles. The van der Waals surface area contributed by atoms with Crippen LogP contribution in [-0.2, 0) is 11.3 Å². The van der Waals surface area contributed by atoms with Gasteiger partial charge in [-0.2, -0.15) is 0 Å². The van der Waals surface area contributed by atoms with E-state index in [1.807, 2.05) is 12.1 Å². The molecule has 0 aliphatic carbocycles. The molecule has 0 radical (unpaired) electrons. The highest BCUT2D eigenvalue weighted by molar-refractivity contribution is 4.97. The smallest absolute Gasteiger partial charge is 0.117 e. The highest BCUT2D eigenvalue weighted by Crippen LogP contribution is 2.12. The SMILES string of the molecule is CCCCC(CC)COCCNCc1ccco1. The van der Waals surface area contributed by atoms with Crippen molar-refractivity contribution in [3.8, 4) is 0 Å². The Bertz CT molecular complexity index is 272. The van der Waals surface area contributed by atoms with Gasteiger partial charge in [-0.05, 0) is 24.5 Å². The summed E-state index contributed by atoms with van der Waals surface area (Å²) < 4.78 is 10.9. The van der Waals surface area contributed by atoms with Crippen LogP contribution in [0.15, 0.2) is 22.8 Å². The Hall–Kier alpha value is -0.800. The largest absolute Gasteiger partial charge is 0.468 e. The molecule has 0 saturated carbocycles. The third-order valence-corrected chi connectivity index (χ3v) is 3.20. The van der Waals surface area contributed by atoms with Crippen LogP contribution in [0, 0.1) is 5.92 Å². The van der Waals surface area contributed by atoms with Crippen LogP contribution in [-0.4, -0.2) is 19.8 Å². The van der Waals surface area contributed by atoms with E-state index in [0.717, 1.165) is 38.0 Å². The second-order valence-electron chi connectivity index (χ2n) is 4.75. The number of ether oxygens (including phenoxy) is 1. The van der Waals surface area contributed by atoms with E-state index >= 15 is 0 Å². The van der Waals surface area contributed by atoms with Crippen molar-refractivity contribution in [1.29, 1.82) is 0 Å². The minimum Gasteiger partial charge on any atom is -0.468 e. The molecule has 1 atom stereocenters. The quantitative estimate of drug-likeness (QED) is 0.612. The first-order valence-electron chi connectivity index (χ1n) is 7.17. The van der Waals surface area contributed by atoms with E-state index < -0.39 is 0 Å². The van der Waals surface area contributed by atoms with Crippen molar-refractivity contribution in [1.82, 2.24) is 5.32 Å². The van der Waals surface area contributed by atoms with E-state index in [-0.39, 0.29) is 0 Å². The number of furan rings is 1. The second kappa shape index (κ2) is 10.2. The normalized spacial score (nSPS) is 12.8. The van der Waals surface area contributed by atoms with E-state index in [1.165, 1.54) is 25.7 Å². The van der Waals surface area contributed by atoms with Gasteiger partial charge in [0.15, 0.2) is 0 Å². The van der Waals surface area contributed by atoms with Gasteiger partial charge in [0, 0.05) is 13.2 Å². The molecule has 0 spiro atoms. The predicted octanol–water partition coefficient (Wildman–Crippen LogP) is 3.60. The summed E-state index contributed by atoms with van der Waals surface area (Å²) in [5.74, 6) is 1.71. The van der Waals surface area contributed by atoms with Crippen LogP contribution in [0.5, 0.6) is 0 Å². The van der Waals surface area contributed by atoms with Crippen LogP contribution in [0.1, 0.15) is 45.3 Å². The van der Waals surface area contributed by atoms with Crippen molar-refractivity contribution < 1.29 is 9.15 Å². The van der Waals surface area contributed by atoms with Crippen molar-refractivity contribution >= 4 is 0 Å². The van der Waals surface area contributed by atoms with Gasteiger partial charge in [-0.25, -0.2) is 0 Å². The van der Waals surface area contributed by atoms with E-state index in [2.05, 4.69) is 19.2 Å². The molecule has 1 N–H and O–H groups in total. The van der Waals surface area contributed by atoms with Gasteiger partial charge < -0.3 is 14.5 Å². The molecule has 1 aromatic rings. The lowest BCUT2D eigenvalue weighted by atomic mass is 10.0. The molecular formula is C15H27NO2. The fourth-order valence-corrected chi connectivity index (χ4v) is 1.92. The summed E-state index contributed by atoms with van der Waals surface area (Å²) in [6, 6.07) is 3.89. The molecule has 0 aliphatic heterocycles. The third-order valence-electron chi connectivity index (χ3n) is 3.20. The average Bonchev–Trinajstić information content (AvgIpc) is 2.90. The standard InChI is InChI=1S/C15H27NO2/c1-3-5-7-14(4-2)13-17-11-9-16-12-15-8-6-10-18-15/h6,8,10,14,16H,3-5,7,9,11-13H2,1-2H3. The van der Waals surface area contributed by atoms with Crippen molar-refractivity contribution in [2.24, 2.45) is 5.92 Å². The van der Waals surface area contributed by atoms with E-state index in [9.17, 15) is 0 Å². The van der Waals surface area contributed by atoms with Gasteiger partial charge in [0.2, 0.25) is 0 Å². The fourth-order valence-electron chi connectivity index (χ4n) is 1.92. The zero-order valence-electron chi connectivity index (χ0n) is 11.8. The Labute approximate surface area is 111 Å². The van der Waals surface area contributed by atoms with Crippen LogP contribution >= 0.6 is 0 Å². The minimum absolute atomic E-state index is 0.732. The van der Waals surface area contributed by atoms with Gasteiger partial charge in [0.05, 0.1) is 19.4 Å². The van der Waals surface area contributed by atoms with Crippen molar-refractivity contribution in [3.05, 3.63) is 24.2 Å². The number of nitrogens with one attached hydrogen (secondary N) is 1. The summed E-state index contributed by atoms with van der Waals surface area (Å²) >= 11 is 0. The van der Waals surface area contributed by atoms with Crippen LogP contribution in [0.3, 0.4) is 0 Å². The first kappa shape index (κ1) is 15.3. The Balaban J connectivity index is 1.93. The summed E-state index contributed by atoms with van der Waals surface area (Å²) in [6.45, 7) is 7.83. The van der Waals surface area contributed by atoms with Gasteiger partial charge in [-0.1, -0.05) is 33.1 Å². The lowest BCUT2D eigenvalue weighted by molar-refractivity contribution is 0.0953. The molecule has 1 aromatic heterocycles. The lowest BCUT2D eigenvalue weighted by Gasteiger charge is -2.14. The zero-order chi connectivity index (χ0) is 13.1. The first-order chi connectivity index (χ1) is 8.86. The van der Waals surface area contributed by atoms with E-state index in [1.54, 1.807) is 6.26 Å². The maximum Gasteiger partial charge on any atom is 0.117 e. The van der Waals surface area contributed by atoms with Gasteiger partial charge >= 0.3 is 0 Å². The number of hydrogen-bond acceptors (Lipinski definition) is 3. The number of hydrogen-bond donors (Lipinski definition) is 1. The molecule has 1 heterocycles. The second-order valence-corrected chi connectivity index (χ2v) is 4.75. The lowest BCUT2D eigenvalue weighted by Crippen LogP contribution is -2.20. The summed E-state index contributed by atoms with van der Waals surface area (Å²) in [7, 11) is 0. The molecule has 104 valence electrons. The topological polar surface area (TPSA) is 34.4 Å². The van der Waals surface area contributed by atoms with Crippen LogP contribution in [0.2, 0.25) is 0 Å². The first-order valence-corrected chi connectivity index (χ1v) is 7.17. The van der Waals surface area contributed by atoms with Crippen LogP contribution in [0.25, 0.3) is 0 Å². The molecule has 3 nitrogen and oxygen atoms in total. The molecule has 1 rings (SSSR count). The Morgan fingerprint density at radius 2 is 2.28 bits per heavy atom. The Morgan fingerprint density at radius 3 is 2.94 bits per heavy atom. The van der Waals surface area contributed by atoms with Crippen molar-refractivity contribution in [2.45, 2.75) is 46.1 Å². The van der Waals surface area contributed by atoms with Crippen LogP contribution < -0.4 is 5.32 Å². The maximum atomic E-state index is 5.71. The van der Waals surface area contributed by atoms with Crippen LogP contribution in [0.4, 0.5) is 0 Å². The zero-order valence-corrected chi connectivity index (χ0v) is 11.8. The fraction of sp³-hybridized carbons (Fsp3) is 0.733. The third kappa shape index (κ3) is 6.82. The molecule has 0 bridgehead atoms. The van der Waals surface area contributed by atoms with Crippen molar-refractivity contribution in [2.75, 3.05) is 19.8 Å². The van der Waals surface area contributed by atoms with Gasteiger partial charge in [-0.3, -0.25) is 0 Å². The maximum absolute atomic E-state index is 5.71. The highest BCUT2D eigenvalue weighted by Gasteiger charge is 2.05. The number of rotatable bonds is 11. The average molecular weight is 253 g/mol. The summed E-state index contributed by atoms with van der Waals surface area (Å²) in [4.78, 5) is 0.